The average molecular weight is 917 g/mol. The van der Waals surface area contributed by atoms with Crippen molar-refractivity contribution in [3.63, 3.8) is 0 Å². The fourth-order valence-electron chi connectivity index (χ4n) is 7.59. The van der Waals surface area contributed by atoms with Gasteiger partial charge in [-0.05, 0) is 115 Å². The molecule has 0 radical (unpaired) electrons. The molecule has 2 aromatic heterocycles. The van der Waals surface area contributed by atoms with E-state index >= 15 is 0 Å². The number of ether oxygens (including phenoxy) is 6. The maximum atomic E-state index is 11.5. The minimum absolute atomic E-state index is 0.0218. The van der Waals surface area contributed by atoms with Gasteiger partial charge in [-0.15, -0.1) is 0 Å². The van der Waals surface area contributed by atoms with Gasteiger partial charge in [0.05, 0.1) is 50.8 Å². The standard InChI is InChI=1S/C29H34O6.C26H30O6/c1-20(2)28(30)32-17-9-13-25-24(34-29(3,4)35-25)12-8-16-31-23-15-14-22-18-26(33-27(22)19-23)21-10-6-5-7-11-21;1-18(2)26(29)31-15-7-11-23(28)22(27)10-6-14-30-21-13-12-20-16-24(32-25(20)17-21)19-8-4-3-5-9-19/h5-7,10-11,14-15,18-19,24-25H,1,8-9,12-13,16-17H2,2-4H3;3-5,8-9,12-13,16-17,22-23,27-28H,1,6-7,10-11,14-15H2,2H3. The van der Waals surface area contributed by atoms with Crippen molar-refractivity contribution in [3.05, 3.63) is 133 Å². The van der Waals surface area contributed by atoms with Crippen molar-refractivity contribution in [1.29, 1.82) is 0 Å². The van der Waals surface area contributed by atoms with Gasteiger partial charge in [-0.1, -0.05) is 73.8 Å². The molecule has 1 fully saturated rings. The average Bonchev–Trinajstić information content (AvgIpc) is 4.04. The van der Waals surface area contributed by atoms with Crippen LogP contribution in [-0.4, -0.2) is 78.8 Å². The van der Waals surface area contributed by atoms with E-state index in [9.17, 15) is 19.8 Å². The van der Waals surface area contributed by atoms with Gasteiger partial charge < -0.3 is 47.5 Å². The molecule has 4 unspecified atom stereocenters. The first kappa shape index (κ1) is 50.2. The Balaban J connectivity index is 0.000000222. The number of rotatable bonds is 23. The van der Waals surface area contributed by atoms with E-state index in [4.69, 9.17) is 37.3 Å². The molecule has 0 aliphatic carbocycles. The largest absolute Gasteiger partial charge is 0.493 e. The molecule has 1 saturated heterocycles. The summed E-state index contributed by atoms with van der Waals surface area (Å²) < 4.78 is 46.2. The number of hydrogen-bond acceptors (Lipinski definition) is 12. The molecule has 1 aliphatic heterocycles. The maximum absolute atomic E-state index is 11.5. The van der Waals surface area contributed by atoms with E-state index in [1.807, 2.05) is 123 Å². The number of aliphatic hydroxyl groups is 2. The summed E-state index contributed by atoms with van der Waals surface area (Å²) in [4.78, 5) is 22.8. The Labute approximate surface area is 393 Å². The van der Waals surface area contributed by atoms with Crippen molar-refractivity contribution in [2.75, 3.05) is 26.4 Å². The van der Waals surface area contributed by atoms with Crippen LogP contribution in [0, 0.1) is 0 Å². The first-order valence-electron chi connectivity index (χ1n) is 23.1. The molecule has 0 bridgehead atoms. The molecule has 4 aromatic carbocycles. The number of fused-ring (bicyclic) bond motifs is 2. The third-order valence-electron chi connectivity index (χ3n) is 11.1. The lowest BCUT2D eigenvalue weighted by Crippen LogP contribution is -2.26. The van der Waals surface area contributed by atoms with Crippen molar-refractivity contribution >= 4 is 33.9 Å². The molecule has 6 aromatic rings. The molecule has 12 nitrogen and oxygen atoms in total. The van der Waals surface area contributed by atoms with Crippen molar-refractivity contribution in [2.24, 2.45) is 0 Å². The van der Waals surface area contributed by atoms with Gasteiger partial charge in [0.2, 0.25) is 0 Å². The van der Waals surface area contributed by atoms with Gasteiger partial charge in [-0.2, -0.15) is 0 Å². The highest BCUT2D eigenvalue weighted by Gasteiger charge is 2.40. The van der Waals surface area contributed by atoms with Gasteiger partial charge in [-0.25, -0.2) is 9.59 Å². The lowest BCUT2D eigenvalue weighted by Gasteiger charge is -2.17. The second kappa shape index (κ2) is 24.5. The number of carbonyl (C=O) groups excluding carboxylic acids is 2. The SMILES string of the molecule is C=C(C)C(=O)OCCCC(O)C(O)CCCOc1ccc2cc(-c3ccccc3)oc2c1.C=C(C)C(=O)OCCCC1OC(C)(C)OC1CCCOc1ccc2cc(-c3ccccc3)oc2c1. The molecular weight excluding hydrogens is 853 g/mol. The number of benzene rings is 4. The lowest BCUT2D eigenvalue weighted by molar-refractivity contribution is -0.148. The first-order valence-corrected chi connectivity index (χ1v) is 23.1. The summed E-state index contributed by atoms with van der Waals surface area (Å²) in [5.41, 5.74) is 4.39. The zero-order chi connectivity index (χ0) is 47.8. The van der Waals surface area contributed by atoms with Crippen LogP contribution in [0.15, 0.2) is 142 Å². The normalized spacial score (nSPS) is 16.1. The van der Waals surface area contributed by atoms with Gasteiger partial charge >= 0.3 is 11.9 Å². The Hall–Kier alpha value is -6.18. The molecule has 356 valence electrons. The predicted molar refractivity (Wildman–Crippen MR) is 259 cm³/mol. The third-order valence-corrected chi connectivity index (χ3v) is 11.1. The molecule has 3 heterocycles. The van der Waals surface area contributed by atoms with E-state index < -0.39 is 24.0 Å². The van der Waals surface area contributed by atoms with E-state index in [1.54, 1.807) is 13.8 Å². The first-order chi connectivity index (χ1) is 32.2. The smallest absolute Gasteiger partial charge is 0.333 e. The number of esters is 2. The van der Waals surface area contributed by atoms with E-state index in [-0.39, 0.29) is 24.8 Å². The second-order valence-corrected chi connectivity index (χ2v) is 17.3. The summed E-state index contributed by atoms with van der Waals surface area (Å²) in [7, 11) is 0. The van der Waals surface area contributed by atoms with E-state index in [0.717, 1.165) is 69.6 Å². The van der Waals surface area contributed by atoms with Crippen LogP contribution in [0.1, 0.15) is 79.1 Å². The maximum Gasteiger partial charge on any atom is 0.333 e. The topological polar surface area (TPSA) is 156 Å². The molecular formula is C55H64O12. The molecule has 12 heteroatoms. The molecule has 1 aliphatic rings. The van der Waals surface area contributed by atoms with E-state index in [0.29, 0.717) is 68.8 Å². The number of hydrogen-bond donors (Lipinski definition) is 2. The number of carbonyl (C=O) groups is 2. The molecule has 4 atom stereocenters. The van der Waals surface area contributed by atoms with Crippen LogP contribution < -0.4 is 9.47 Å². The zero-order valence-electron chi connectivity index (χ0n) is 39.1. The fourth-order valence-corrected chi connectivity index (χ4v) is 7.59. The molecule has 0 amide bonds. The highest BCUT2D eigenvalue weighted by molar-refractivity contribution is 5.87. The van der Waals surface area contributed by atoms with Crippen molar-refractivity contribution in [1.82, 2.24) is 0 Å². The molecule has 0 saturated carbocycles. The zero-order valence-corrected chi connectivity index (χ0v) is 39.1. The van der Waals surface area contributed by atoms with Crippen molar-refractivity contribution in [2.45, 2.75) is 109 Å². The second-order valence-electron chi connectivity index (χ2n) is 17.3. The third kappa shape index (κ3) is 15.4. The monoisotopic (exact) mass is 916 g/mol. The van der Waals surface area contributed by atoms with Gasteiger partial charge in [0.15, 0.2) is 5.79 Å². The quantitative estimate of drug-likeness (QED) is 0.0357. The number of aliphatic hydroxyl groups excluding tert-OH is 2. The van der Waals surface area contributed by atoms with Gasteiger partial charge in [0, 0.05) is 45.2 Å². The Bertz CT molecular complexity index is 2520. The Kier molecular flexibility index (Phi) is 18.4. The summed E-state index contributed by atoms with van der Waals surface area (Å²) in [6, 6.07) is 35.7. The lowest BCUT2D eigenvalue weighted by atomic mass is 10.0. The van der Waals surface area contributed by atoms with Crippen molar-refractivity contribution < 1.29 is 57.1 Å². The summed E-state index contributed by atoms with van der Waals surface area (Å²) >= 11 is 0. The van der Waals surface area contributed by atoms with Crippen molar-refractivity contribution in [3.8, 4) is 34.1 Å². The minimum atomic E-state index is -0.866. The van der Waals surface area contributed by atoms with Gasteiger partial charge in [0.1, 0.15) is 34.2 Å². The Morgan fingerprint density at radius 2 is 0.985 bits per heavy atom. The molecule has 67 heavy (non-hydrogen) atoms. The molecule has 0 spiro atoms. The van der Waals surface area contributed by atoms with Gasteiger partial charge in [0.25, 0.3) is 0 Å². The van der Waals surface area contributed by atoms with Gasteiger partial charge in [-0.3, -0.25) is 0 Å². The van der Waals surface area contributed by atoms with Crippen LogP contribution in [-0.2, 0) is 28.5 Å². The van der Waals surface area contributed by atoms with E-state index in [1.165, 1.54) is 0 Å². The molecule has 2 N–H and O–H groups in total. The van der Waals surface area contributed by atoms with Crippen LogP contribution in [0.25, 0.3) is 44.6 Å². The Morgan fingerprint density at radius 1 is 0.582 bits per heavy atom. The summed E-state index contributed by atoms with van der Waals surface area (Å²) in [6.07, 6.45) is 3.18. The highest BCUT2D eigenvalue weighted by Crippen LogP contribution is 2.34. The fraction of sp³-hybridized carbons (Fsp3) is 0.382. The minimum Gasteiger partial charge on any atom is -0.493 e. The number of furan rings is 2. The van der Waals surface area contributed by atoms with Crippen LogP contribution in [0.3, 0.4) is 0 Å². The summed E-state index contributed by atoms with van der Waals surface area (Å²) in [6.45, 7) is 15.7. The summed E-state index contributed by atoms with van der Waals surface area (Å²) in [5.74, 6) is 1.72. The highest BCUT2D eigenvalue weighted by atomic mass is 16.8. The van der Waals surface area contributed by atoms with Crippen LogP contribution in [0.2, 0.25) is 0 Å². The van der Waals surface area contributed by atoms with Crippen LogP contribution in [0.5, 0.6) is 11.5 Å². The van der Waals surface area contributed by atoms with Crippen LogP contribution in [0.4, 0.5) is 0 Å². The molecule has 7 rings (SSSR count). The van der Waals surface area contributed by atoms with E-state index in [2.05, 4.69) is 13.2 Å². The summed E-state index contributed by atoms with van der Waals surface area (Å²) in [5, 5.41) is 22.2. The van der Waals surface area contributed by atoms with Crippen LogP contribution >= 0.6 is 0 Å². The Morgan fingerprint density at radius 3 is 1.43 bits per heavy atom. The predicted octanol–water partition coefficient (Wildman–Crippen LogP) is 11.6.